The van der Waals surface area contributed by atoms with Crippen molar-refractivity contribution in [1.29, 1.82) is 0 Å². The number of ketones is 1. The predicted octanol–water partition coefficient (Wildman–Crippen LogP) is 1.12. The van der Waals surface area contributed by atoms with Crippen LogP contribution in [0.1, 0.15) is 27.2 Å². The van der Waals surface area contributed by atoms with Crippen molar-refractivity contribution in [2.75, 3.05) is 5.75 Å². The van der Waals surface area contributed by atoms with Crippen LogP contribution in [0.5, 0.6) is 0 Å². The Balaban J connectivity index is 3.82. The molecule has 3 heteroatoms. The maximum absolute atomic E-state index is 11.1. The van der Waals surface area contributed by atoms with E-state index in [2.05, 4.69) is 0 Å². The highest BCUT2D eigenvalue weighted by molar-refractivity contribution is 7.86. The van der Waals surface area contributed by atoms with E-state index in [0.717, 1.165) is 6.42 Å². The van der Waals surface area contributed by atoms with Gasteiger partial charge in [0.15, 0.2) is 0 Å². The molecule has 0 aliphatic heterocycles. The van der Waals surface area contributed by atoms with Crippen LogP contribution in [-0.2, 0) is 15.6 Å². The van der Waals surface area contributed by atoms with Gasteiger partial charge in [-0.25, -0.2) is 0 Å². The molecule has 10 heavy (non-hydrogen) atoms. The summed E-state index contributed by atoms with van der Waals surface area (Å²) in [5.41, 5.74) is 0. The van der Waals surface area contributed by atoms with Gasteiger partial charge in [-0.05, 0) is 20.3 Å². The molecule has 60 valence electrons. The van der Waals surface area contributed by atoms with Gasteiger partial charge in [0, 0.05) is 16.6 Å². The SMILES string of the molecule is CCCS(=O)C(C)C(C)=O. The lowest BCUT2D eigenvalue weighted by Crippen LogP contribution is -2.21. The minimum Gasteiger partial charge on any atom is -0.299 e. The molecule has 0 heterocycles. The molecular formula is C7H14O2S. The fourth-order valence-electron chi connectivity index (χ4n) is 0.563. The van der Waals surface area contributed by atoms with Crippen LogP contribution in [-0.4, -0.2) is 21.0 Å². The molecule has 0 N–H and O–H groups in total. The summed E-state index contributed by atoms with van der Waals surface area (Å²) in [7, 11) is -0.944. The van der Waals surface area contributed by atoms with Gasteiger partial charge in [-0.15, -0.1) is 0 Å². The monoisotopic (exact) mass is 162 g/mol. The third-order valence-electron chi connectivity index (χ3n) is 1.37. The molecule has 0 bridgehead atoms. The average molecular weight is 162 g/mol. The quantitative estimate of drug-likeness (QED) is 0.621. The number of carbonyl (C=O) groups is 1. The lowest BCUT2D eigenvalue weighted by atomic mass is 10.3. The molecule has 0 aromatic rings. The van der Waals surface area contributed by atoms with Crippen LogP contribution in [0.25, 0.3) is 0 Å². The van der Waals surface area contributed by atoms with Gasteiger partial charge in [-0.2, -0.15) is 0 Å². The zero-order valence-electron chi connectivity index (χ0n) is 6.72. The van der Waals surface area contributed by atoms with Crippen LogP contribution < -0.4 is 0 Å². The molecule has 0 aromatic heterocycles. The minimum absolute atomic E-state index is 0.0202. The zero-order valence-corrected chi connectivity index (χ0v) is 7.53. The molecule has 2 nitrogen and oxygen atoms in total. The van der Waals surface area contributed by atoms with Crippen molar-refractivity contribution in [2.45, 2.75) is 32.4 Å². The van der Waals surface area contributed by atoms with Crippen molar-refractivity contribution < 1.29 is 9.00 Å². The molecule has 0 aromatic carbocycles. The Bertz CT molecular complexity index is 143. The van der Waals surface area contributed by atoms with E-state index in [1.54, 1.807) is 6.92 Å². The van der Waals surface area contributed by atoms with E-state index < -0.39 is 10.8 Å². The number of carbonyl (C=O) groups excluding carboxylic acids is 1. The molecule has 0 rings (SSSR count). The van der Waals surface area contributed by atoms with E-state index in [-0.39, 0.29) is 11.0 Å². The third kappa shape index (κ3) is 3.11. The van der Waals surface area contributed by atoms with E-state index in [4.69, 9.17) is 0 Å². The standard InChI is InChI=1S/C7H14O2S/c1-4-5-10(9)7(3)6(2)8/h7H,4-5H2,1-3H3. The smallest absolute Gasteiger partial charge is 0.145 e. The fraction of sp³-hybridized carbons (Fsp3) is 0.857. The van der Waals surface area contributed by atoms with Crippen LogP contribution in [0.2, 0.25) is 0 Å². The van der Waals surface area contributed by atoms with Crippen molar-refractivity contribution in [3.05, 3.63) is 0 Å². The highest BCUT2D eigenvalue weighted by Crippen LogP contribution is 1.98. The first kappa shape index (κ1) is 9.82. The summed E-state index contributed by atoms with van der Waals surface area (Å²) in [6.45, 7) is 5.16. The summed E-state index contributed by atoms with van der Waals surface area (Å²) in [5, 5.41) is -0.278. The summed E-state index contributed by atoms with van der Waals surface area (Å²) in [6, 6.07) is 0. The first-order valence-corrected chi connectivity index (χ1v) is 4.85. The van der Waals surface area contributed by atoms with Crippen molar-refractivity contribution in [1.82, 2.24) is 0 Å². The molecule has 0 amide bonds. The highest BCUT2D eigenvalue weighted by atomic mass is 32.2. The normalized spacial score (nSPS) is 16.3. The summed E-state index contributed by atoms with van der Waals surface area (Å²) < 4.78 is 11.1. The summed E-state index contributed by atoms with van der Waals surface area (Å²) in [5.74, 6) is 0.660. The Morgan fingerprint density at radius 2 is 2.10 bits per heavy atom. The average Bonchev–Trinajstić information content (AvgIpc) is 1.87. The van der Waals surface area contributed by atoms with Crippen LogP contribution in [0, 0.1) is 0 Å². The molecule has 0 saturated carbocycles. The fourth-order valence-corrected chi connectivity index (χ4v) is 1.69. The van der Waals surface area contributed by atoms with Gasteiger partial charge in [-0.1, -0.05) is 6.92 Å². The molecule has 0 aliphatic carbocycles. The van der Waals surface area contributed by atoms with Crippen molar-refractivity contribution in [3.8, 4) is 0 Å². The summed E-state index contributed by atoms with van der Waals surface area (Å²) in [4.78, 5) is 10.7. The first-order valence-electron chi connectivity index (χ1n) is 3.47. The second kappa shape index (κ2) is 4.61. The van der Waals surface area contributed by atoms with Gasteiger partial charge in [0.2, 0.25) is 0 Å². The number of hydrogen-bond donors (Lipinski definition) is 0. The maximum Gasteiger partial charge on any atom is 0.145 e. The number of rotatable bonds is 4. The van der Waals surface area contributed by atoms with E-state index in [0.29, 0.717) is 5.75 Å². The van der Waals surface area contributed by atoms with Crippen molar-refractivity contribution in [3.63, 3.8) is 0 Å². The second-order valence-electron chi connectivity index (χ2n) is 2.34. The highest BCUT2D eigenvalue weighted by Gasteiger charge is 2.13. The molecule has 2 atom stereocenters. The molecule has 0 fully saturated rings. The molecule has 0 spiro atoms. The lowest BCUT2D eigenvalue weighted by Gasteiger charge is -2.04. The van der Waals surface area contributed by atoms with Gasteiger partial charge in [-0.3, -0.25) is 9.00 Å². The van der Waals surface area contributed by atoms with E-state index in [9.17, 15) is 9.00 Å². The van der Waals surface area contributed by atoms with Crippen LogP contribution in [0.15, 0.2) is 0 Å². The van der Waals surface area contributed by atoms with E-state index in [1.165, 1.54) is 6.92 Å². The third-order valence-corrected chi connectivity index (χ3v) is 3.30. The van der Waals surface area contributed by atoms with Crippen LogP contribution in [0.3, 0.4) is 0 Å². The van der Waals surface area contributed by atoms with E-state index >= 15 is 0 Å². The van der Waals surface area contributed by atoms with Gasteiger partial charge >= 0.3 is 0 Å². The van der Waals surface area contributed by atoms with Gasteiger partial charge in [0.05, 0.1) is 5.25 Å². The maximum atomic E-state index is 11.1. The Hall–Kier alpha value is -0.180. The van der Waals surface area contributed by atoms with Gasteiger partial charge in [0.25, 0.3) is 0 Å². The van der Waals surface area contributed by atoms with Gasteiger partial charge < -0.3 is 0 Å². The predicted molar refractivity (Wildman–Crippen MR) is 43.4 cm³/mol. The van der Waals surface area contributed by atoms with E-state index in [1.807, 2.05) is 6.92 Å². The first-order chi connectivity index (χ1) is 4.59. The topological polar surface area (TPSA) is 34.1 Å². The summed E-state index contributed by atoms with van der Waals surface area (Å²) in [6.07, 6.45) is 0.879. The second-order valence-corrected chi connectivity index (χ2v) is 4.21. The van der Waals surface area contributed by atoms with Crippen molar-refractivity contribution >= 4 is 16.6 Å². The number of hydrogen-bond acceptors (Lipinski definition) is 2. The van der Waals surface area contributed by atoms with Crippen LogP contribution in [0.4, 0.5) is 0 Å². The largest absolute Gasteiger partial charge is 0.299 e. The van der Waals surface area contributed by atoms with Crippen molar-refractivity contribution in [2.24, 2.45) is 0 Å². The summed E-state index contributed by atoms with van der Waals surface area (Å²) >= 11 is 0. The Morgan fingerprint density at radius 3 is 2.40 bits per heavy atom. The van der Waals surface area contributed by atoms with Crippen LogP contribution >= 0.6 is 0 Å². The molecular weight excluding hydrogens is 148 g/mol. The Morgan fingerprint density at radius 1 is 1.60 bits per heavy atom. The Labute approximate surface area is 64.5 Å². The minimum atomic E-state index is -0.944. The molecule has 0 saturated heterocycles. The molecule has 0 aliphatic rings. The molecule has 2 unspecified atom stereocenters. The number of Topliss-reactive ketones (excluding diaryl/α,β-unsaturated/α-hetero) is 1. The van der Waals surface area contributed by atoms with Gasteiger partial charge in [0.1, 0.15) is 5.78 Å². The Kier molecular flexibility index (Phi) is 4.52. The zero-order chi connectivity index (χ0) is 8.15. The lowest BCUT2D eigenvalue weighted by molar-refractivity contribution is -0.116. The molecule has 0 radical (unpaired) electrons.